The van der Waals surface area contributed by atoms with Crippen LogP contribution in [0.5, 0.6) is 0 Å². The zero-order valence-electron chi connectivity index (χ0n) is 27.7. The van der Waals surface area contributed by atoms with Gasteiger partial charge in [-0.05, 0) is 67.8 Å². The van der Waals surface area contributed by atoms with Gasteiger partial charge in [0.25, 0.3) is 15.7 Å². The Hall–Kier alpha value is -1.37. The fourth-order valence-electron chi connectivity index (χ4n) is 7.65. The molecule has 2 N–H and O–H groups in total. The summed E-state index contributed by atoms with van der Waals surface area (Å²) < 4.78 is 111. The lowest BCUT2D eigenvalue weighted by Gasteiger charge is -2.64. The predicted molar refractivity (Wildman–Crippen MR) is 166 cm³/mol. The number of unbranched alkanes of at least 4 members (excludes halogenated alkanes) is 7. The summed E-state index contributed by atoms with van der Waals surface area (Å²) in [7, 11) is -3.80. The van der Waals surface area contributed by atoms with E-state index in [0.29, 0.717) is 42.9 Å². The third-order valence-electron chi connectivity index (χ3n) is 11.1. The third kappa shape index (κ3) is 8.25. The highest BCUT2D eigenvalue weighted by molar-refractivity contribution is 7.87. The van der Waals surface area contributed by atoms with Gasteiger partial charge in [0.15, 0.2) is 0 Å². The Balaban J connectivity index is 1.31. The molecule has 0 aromatic heterocycles. The molecule has 0 amide bonds. The number of rotatable bonds is 17. The number of fused-ring (bicyclic) bond motifs is 2. The molecule has 3 saturated carbocycles. The van der Waals surface area contributed by atoms with Crippen molar-refractivity contribution in [2.75, 3.05) is 0 Å². The highest BCUT2D eigenvalue weighted by atomic mass is 32.2. The molecular weight excluding hydrogens is 634 g/mol. The van der Waals surface area contributed by atoms with Gasteiger partial charge in [-0.15, -0.1) is 0 Å². The molecule has 12 heteroatoms. The lowest BCUT2D eigenvalue weighted by Crippen LogP contribution is -2.67. The maximum atomic E-state index is 13.1. The lowest BCUT2D eigenvalue weighted by molar-refractivity contribution is -0.376. The maximum absolute atomic E-state index is 13.1. The molecule has 1 aromatic rings. The van der Waals surface area contributed by atoms with Crippen molar-refractivity contribution in [1.82, 2.24) is 0 Å². The summed E-state index contributed by atoms with van der Waals surface area (Å²) in [5, 5.41) is 20.1. The summed E-state index contributed by atoms with van der Waals surface area (Å²) in [5.41, 5.74) is -6.73. The van der Waals surface area contributed by atoms with E-state index in [-0.39, 0.29) is 17.3 Å². The average Bonchev–Trinajstić information content (AvgIpc) is 2.94. The fourth-order valence-corrected chi connectivity index (χ4v) is 9.27. The van der Waals surface area contributed by atoms with Gasteiger partial charge in [-0.1, -0.05) is 103 Å². The summed E-state index contributed by atoms with van der Waals surface area (Å²) in [6, 6.07) is 3.82. The molecule has 3 fully saturated rings. The lowest BCUT2D eigenvalue weighted by atomic mass is 9.43. The Bertz CT molecular complexity index is 1210. The van der Waals surface area contributed by atoms with E-state index >= 15 is 0 Å². The van der Waals surface area contributed by atoms with Crippen LogP contribution >= 0.6 is 0 Å². The van der Waals surface area contributed by atoms with E-state index in [1.165, 1.54) is 12.1 Å². The monoisotopic (exact) mass is 686 g/mol. The highest BCUT2D eigenvalue weighted by Crippen LogP contribution is 2.63. The fraction of sp³-hybridized carbons (Fsp3) is 0.824. The summed E-state index contributed by atoms with van der Waals surface area (Å²) in [6.07, 6.45) is -1.81. The van der Waals surface area contributed by atoms with Crippen molar-refractivity contribution in [3.05, 3.63) is 35.4 Å². The van der Waals surface area contributed by atoms with Crippen LogP contribution in [0.15, 0.2) is 24.3 Å². The second-order valence-corrected chi connectivity index (χ2v) is 16.4. The number of hydrogen-bond donors (Lipinski definition) is 2. The Morgan fingerprint density at radius 3 is 1.76 bits per heavy atom. The van der Waals surface area contributed by atoms with E-state index in [2.05, 4.69) is 13.8 Å². The van der Waals surface area contributed by atoms with Crippen LogP contribution in [0.2, 0.25) is 0 Å². The molecule has 0 aliphatic heterocycles. The van der Waals surface area contributed by atoms with Crippen LogP contribution in [-0.2, 0) is 19.9 Å². The summed E-state index contributed by atoms with van der Waals surface area (Å²) >= 11 is 0. The molecule has 0 saturated heterocycles. The minimum absolute atomic E-state index is 0.00503. The van der Waals surface area contributed by atoms with Gasteiger partial charge in [-0.3, -0.25) is 4.18 Å². The Morgan fingerprint density at radius 2 is 1.33 bits per heavy atom. The van der Waals surface area contributed by atoms with Gasteiger partial charge < -0.3 is 10.2 Å². The average molecular weight is 687 g/mol. The van der Waals surface area contributed by atoms with Gasteiger partial charge in [-0.2, -0.15) is 34.8 Å². The Labute approximate surface area is 270 Å². The molecule has 6 atom stereocenters. The van der Waals surface area contributed by atoms with Crippen molar-refractivity contribution in [2.45, 2.75) is 159 Å². The van der Waals surface area contributed by atoms with Gasteiger partial charge in [-0.25, -0.2) is 0 Å². The molecule has 4 rings (SSSR count). The first kappa shape index (κ1) is 39.1. The number of halogens is 6. The molecule has 0 spiro atoms. The van der Waals surface area contributed by atoms with Crippen LogP contribution < -0.4 is 0 Å². The molecule has 1 aromatic carbocycles. The second-order valence-electron chi connectivity index (χ2n) is 14.5. The van der Waals surface area contributed by atoms with E-state index in [9.17, 15) is 45.0 Å². The van der Waals surface area contributed by atoms with Crippen LogP contribution in [0.3, 0.4) is 0 Å². The zero-order valence-corrected chi connectivity index (χ0v) is 28.5. The summed E-state index contributed by atoms with van der Waals surface area (Å²) in [4.78, 5) is 0. The maximum Gasteiger partial charge on any atom is 0.430 e. The van der Waals surface area contributed by atoms with Crippen molar-refractivity contribution < 1.29 is 49.2 Å². The molecule has 3 aliphatic carbocycles. The molecule has 6 unspecified atom stereocenters. The largest absolute Gasteiger partial charge is 0.430 e. The van der Waals surface area contributed by atoms with Gasteiger partial charge in [0.1, 0.15) is 6.10 Å². The van der Waals surface area contributed by atoms with Gasteiger partial charge in [0.05, 0.1) is 10.9 Å². The number of alkyl halides is 6. The standard InChI is InChI=1S/C34H52F6O5S/c1-6-27(46(43,44)45-29-22-26-21-28(30(26,3)4)31(29,5)41)16-14-12-10-8-7-9-11-13-15-23(2)24-17-19-25(20-18-24)32(42,33(35,36)37)34(38,39)40/h17-20,23,26-29,41-42H,6-16,21-22H2,1-5H3. The van der Waals surface area contributed by atoms with E-state index in [0.717, 1.165) is 64.2 Å². The number of aliphatic hydroxyl groups is 2. The minimum Gasteiger partial charge on any atom is -0.387 e. The summed E-state index contributed by atoms with van der Waals surface area (Å²) in [6.45, 7) is 9.69. The molecule has 46 heavy (non-hydrogen) atoms. The van der Waals surface area contributed by atoms with Gasteiger partial charge >= 0.3 is 12.4 Å². The topological polar surface area (TPSA) is 83.8 Å². The smallest absolute Gasteiger partial charge is 0.387 e. The molecule has 2 bridgehead atoms. The Kier molecular flexibility index (Phi) is 12.4. The molecule has 5 nitrogen and oxygen atoms in total. The predicted octanol–water partition coefficient (Wildman–Crippen LogP) is 9.31. The number of benzene rings is 1. The molecule has 3 aliphatic rings. The first-order valence-electron chi connectivity index (χ1n) is 16.7. The zero-order chi connectivity index (χ0) is 34.8. The first-order chi connectivity index (χ1) is 21.1. The Morgan fingerprint density at radius 1 is 0.848 bits per heavy atom. The summed E-state index contributed by atoms with van der Waals surface area (Å²) in [5.74, 6) is 0.331. The van der Waals surface area contributed by atoms with Gasteiger partial charge in [0, 0.05) is 5.56 Å². The van der Waals surface area contributed by atoms with Crippen molar-refractivity contribution in [1.29, 1.82) is 0 Å². The number of hydrogen-bond acceptors (Lipinski definition) is 5. The van der Waals surface area contributed by atoms with E-state index in [4.69, 9.17) is 4.18 Å². The first-order valence-corrected chi connectivity index (χ1v) is 18.2. The highest BCUT2D eigenvalue weighted by Gasteiger charge is 2.71. The SMILES string of the molecule is CCC(CCCCCCCCCCC(C)c1ccc(C(O)(C(F)(F)F)C(F)(F)F)cc1)S(=O)(=O)OC1CC2CC(C2(C)C)C1(C)O. The van der Waals surface area contributed by atoms with Crippen LogP contribution in [-0.4, -0.2) is 47.9 Å². The molecular formula is C34H52F6O5S. The van der Waals surface area contributed by atoms with Crippen LogP contribution in [0.4, 0.5) is 26.3 Å². The molecule has 0 heterocycles. The molecule has 266 valence electrons. The quantitative estimate of drug-likeness (QED) is 0.0970. The van der Waals surface area contributed by atoms with E-state index in [1.54, 1.807) is 6.92 Å². The molecule has 0 radical (unpaired) electrons. The van der Waals surface area contributed by atoms with Gasteiger partial charge in [0.2, 0.25) is 0 Å². The van der Waals surface area contributed by atoms with Crippen molar-refractivity contribution in [3.8, 4) is 0 Å². The van der Waals surface area contributed by atoms with Crippen molar-refractivity contribution in [3.63, 3.8) is 0 Å². The third-order valence-corrected chi connectivity index (χ3v) is 13.0. The normalized spacial score (nSPS) is 26.4. The van der Waals surface area contributed by atoms with E-state index in [1.807, 2.05) is 13.8 Å². The van der Waals surface area contributed by atoms with Crippen LogP contribution in [0, 0.1) is 17.3 Å². The van der Waals surface area contributed by atoms with Crippen molar-refractivity contribution in [2.24, 2.45) is 17.3 Å². The minimum atomic E-state index is -5.90. The van der Waals surface area contributed by atoms with Crippen LogP contribution in [0.25, 0.3) is 0 Å². The second kappa shape index (κ2) is 14.6. The van der Waals surface area contributed by atoms with Crippen LogP contribution in [0.1, 0.15) is 135 Å². The van der Waals surface area contributed by atoms with Crippen molar-refractivity contribution >= 4 is 10.1 Å². The van der Waals surface area contributed by atoms with E-state index < -0.39 is 50.6 Å².